The van der Waals surface area contributed by atoms with Gasteiger partial charge in [-0.2, -0.15) is 5.10 Å². The molecule has 0 aliphatic rings. The van der Waals surface area contributed by atoms with Crippen molar-refractivity contribution in [3.63, 3.8) is 0 Å². The highest BCUT2D eigenvalue weighted by Gasteiger charge is 2.08. The average molecular weight is 238 g/mol. The summed E-state index contributed by atoms with van der Waals surface area (Å²) in [5.74, 6) is 0.715. The summed E-state index contributed by atoms with van der Waals surface area (Å²) >= 11 is 6.07. The second-order valence-corrected chi connectivity index (χ2v) is 3.88. The van der Waals surface area contributed by atoms with Gasteiger partial charge in [0.25, 0.3) is 0 Å². The molecule has 4 nitrogen and oxygen atoms in total. The molecular weight excluding hydrogens is 226 g/mol. The molecule has 0 N–H and O–H groups in total. The van der Waals surface area contributed by atoms with Crippen molar-refractivity contribution in [3.8, 4) is 5.82 Å². The van der Waals surface area contributed by atoms with E-state index in [-0.39, 0.29) is 0 Å². The van der Waals surface area contributed by atoms with Crippen molar-refractivity contribution >= 4 is 11.6 Å². The van der Waals surface area contributed by atoms with Crippen LogP contribution in [-0.4, -0.2) is 21.9 Å². The molecule has 16 heavy (non-hydrogen) atoms. The van der Waals surface area contributed by atoms with Crippen LogP contribution >= 0.6 is 11.6 Å². The first-order valence-corrected chi connectivity index (χ1v) is 5.25. The summed E-state index contributed by atoms with van der Waals surface area (Å²) in [6, 6.07) is 5.63. The van der Waals surface area contributed by atoms with Gasteiger partial charge in [0.1, 0.15) is 5.15 Å². The second kappa shape index (κ2) is 4.63. The van der Waals surface area contributed by atoms with Crippen molar-refractivity contribution in [2.24, 2.45) is 0 Å². The van der Waals surface area contributed by atoms with Gasteiger partial charge in [-0.3, -0.25) is 0 Å². The van der Waals surface area contributed by atoms with Gasteiger partial charge < -0.3 is 4.74 Å². The number of hydrogen-bond acceptors (Lipinski definition) is 3. The van der Waals surface area contributed by atoms with Gasteiger partial charge in [-0.15, -0.1) is 0 Å². The zero-order chi connectivity index (χ0) is 11.5. The number of halogens is 1. The van der Waals surface area contributed by atoms with E-state index in [1.54, 1.807) is 24.1 Å². The molecule has 0 aliphatic heterocycles. The first kappa shape index (κ1) is 11.1. The average Bonchev–Trinajstić information content (AvgIpc) is 2.60. The van der Waals surface area contributed by atoms with E-state index in [2.05, 4.69) is 10.1 Å². The van der Waals surface area contributed by atoms with Gasteiger partial charge in [0.05, 0.1) is 12.3 Å². The number of rotatable bonds is 3. The Morgan fingerprint density at radius 1 is 1.44 bits per heavy atom. The fraction of sp³-hybridized carbons (Fsp3) is 0.273. The molecule has 0 radical (unpaired) electrons. The first-order chi connectivity index (χ1) is 7.70. The standard InChI is InChI=1S/C11H12ClN3O/c1-8-3-4-13-11(5-8)15-10(12)6-9(14-15)7-16-2/h3-6H,7H2,1-2H3. The first-order valence-electron chi connectivity index (χ1n) is 4.87. The lowest BCUT2D eigenvalue weighted by Crippen LogP contribution is -2.01. The molecule has 0 unspecified atom stereocenters. The third-order valence-corrected chi connectivity index (χ3v) is 2.40. The predicted octanol–water partition coefficient (Wildman–Crippen LogP) is 2.38. The number of aromatic nitrogens is 3. The molecule has 0 bridgehead atoms. The van der Waals surface area contributed by atoms with E-state index in [9.17, 15) is 0 Å². The van der Waals surface area contributed by atoms with Crippen LogP contribution in [-0.2, 0) is 11.3 Å². The summed E-state index contributed by atoms with van der Waals surface area (Å²) in [6.07, 6.45) is 1.73. The smallest absolute Gasteiger partial charge is 0.155 e. The molecule has 2 heterocycles. The molecule has 2 aromatic rings. The van der Waals surface area contributed by atoms with Crippen LogP contribution in [0.4, 0.5) is 0 Å². The Labute approximate surface area is 98.8 Å². The molecule has 0 saturated carbocycles. The van der Waals surface area contributed by atoms with Crippen molar-refractivity contribution in [3.05, 3.63) is 40.8 Å². The van der Waals surface area contributed by atoms with Crippen LogP contribution in [0.2, 0.25) is 5.15 Å². The summed E-state index contributed by atoms with van der Waals surface area (Å²) in [5.41, 5.74) is 1.90. The monoisotopic (exact) mass is 237 g/mol. The maximum Gasteiger partial charge on any atom is 0.155 e. The predicted molar refractivity (Wildman–Crippen MR) is 61.8 cm³/mol. The highest BCUT2D eigenvalue weighted by molar-refractivity contribution is 6.29. The summed E-state index contributed by atoms with van der Waals surface area (Å²) in [5, 5.41) is 4.84. The Morgan fingerprint density at radius 2 is 2.25 bits per heavy atom. The lowest BCUT2D eigenvalue weighted by Gasteiger charge is -2.02. The van der Waals surface area contributed by atoms with E-state index in [4.69, 9.17) is 16.3 Å². The van der Waals surface area contributed by atoms with Crippen LogP contribution in [0.25, 0.3) is 5.82 Å². The van der Waals surface area contributed by atoms with Gasteiger partial charge >= 0.3 is 0 Å². The normalized spacial score (nSPS) is 10.7. The van der Waals surface area contributed by atoms with Gasteiger partial charge in [-0.25, -0.2) is 9.67 Å². The molecular formula is C11H12ClN3O. The van der Waals surface area contributed by atoms with E-state index < -0.39 is 0 Å². The van der Waals surface area contributed by atoms with E-state index >= 15 is 0 Å². The largest absolute Gasteiger partial charge is 0.378 e. The Hall–Kier alpha value is -1.39. The molecule has 2 rings (SSSR count). The fourth-order valence-corrected chi connectivity index (χ4v) is 1.67. The maximum absolute atomic E-state index is 6.07. The van der Waals surface area contributed by atoms with Gasteiger partial charge in [-0.1, -0.05) is 11.6 Å². The van der Waals surface area contributed by atoms with Crippen molar-refractivity contribution in [2.45, 2.75) is 13.5 Å². The molecule has 0 atom stereocenters. The van der Waals surface area contributed by atoms with E-state index in [0.717, 1.165) is 11.3 Å². The number of nitrogens with zero attached hydrogens (tertiary/aromatic N) is 3. The van der Waals surface area contributed by atoms with Crippen molar-refractivity contribution in [2.75, 3.05) is 7.11 Å². The molecule has 84 valence electrons. The van der Waals surface area contributed by atoms with Gasteiger partial charge in [0.15, 0.2) is 5.82 Å². The summed E-state index contributed by atoms with van der Waals surface area (Å²) < 4.78 is 6.60. The summed E-state index contributed by atoms with van der Waals surface area (Å²) in [6.45, 7) is 2.44. The molecule has 2 aromatic heterocycles. The number of methoxy groups -OCH3 is 1. The van der Waals surface area contributed by atoms with Crippen LogP contribution in [0, 0.1) is 6.92 Å². The third kappa shape index (κ3) is 2.23. The van der Waals surface area contributed by atoms with Crippen LogP contribution in [0.5, 0.6) is 0 Å². The minimum atomic E-state index is 0.443. The van der Waals surface area contributed by atoms with Gasteiger partial charge in [0.2, 0.25) is 0 Å². The minimum Gasteiger partial charge on any atom is -0.378 e. The summed E-state index contributed by atoms with van der Waals surface area (Å²) in [4.78, 5) is 4.22. The van der Waals surface area contributed by atoms with E-state index in [0.29, 0.717) is 17.6 Å². The minimum absolute atomic E-state index is 0.443. The molecule has 5 heteroatoms. The van der Waals surface area contributed by atoms with E-state index in [1.165, 1.54) is 0 Å². The molecule has 0 fully saturated rings. The Balaban J connectivity index is 2.40. The van der Waals surface area contributed by atoms with Crippen LogP contribution < -0.4 is 0 Å². The Kier molecular flexibility index (Phi) is 3.22. The zero-order valence-electron chi connectivity index (χ0n) is 9.14. The molecule has 0 spiro atoms. The quantitative estimate of drug-likeness (QED) is 0.823. The lowest BCUT2D eigenvalue weighted by molar-refractivity contribution is 0.181. The highest BCUT2D eigenvalue weighted by Crippen LogP contribution is 2.16. The van der Waals surface area contributed by atoms with Crippen LogP contribution in [0.15, 0.2) is 24.4 Å². The van der Waals surface area contributed by atoms with Crippen molar-refractivity contribution < 1.29 is 4.74 Å². The summed E-state index contributed by atoms with van der Waals surface area (Å²) in [7, 11) is 1.62. The van der Waals surface area contributed by atoms with Crippen LogP contribution in [0.1, 0.15) is 11.3 Å². The fourth-order valence-electron chi connectivity index (χ4n) is 1.42. The second-order valence-electron chi connectivity index (χ2n) is 3.49. The number of pyridine rings is 1. The zero-order valence-corrected chi connectivity index (χ0v) is 9.90. The maximum atomic E-state index is 6.07. The van der Waals surface area contributed by atoms with Gasteiger partial charge in [-0.05, 0) is 24.6 Å². The number of ether oxygens (including phenoxy) is 1. The highest BCUT2D eigenvalue weighted by atomic mass is 35.5. The lowest BCUT2D eigenvalue weighted by atomic mass is 10.3. The van der Waals surface area contributed by atoms with Crippen molar-refractivity contribution in [1.82, 2.24) is 14.8 Å². The van der Waals surface area contributed by atoms with Crippen LogP contribution in [0.3, 0.4) is 0 Å². The molecule has 0 amide bonds. The molecule has 0 aliphatic carbocycles. The van der Waals surface area contributed by atoms with Gasteiger partial charge in [0, 0.05) is 19.4 Å². The molecule has 0 aromatic carbocycles. The topological polar surface area (TPSA) is 39.9 Å². The van der Waals surface area contributed by atoms with E-state index in [1.807, 2.05) is 19.1 Å². The SMILES string of the molecule is COCc1cc(Cl)n(-c2cc(C)ccn2)n1. The number of aryl methyl sites for hydroxylation is 1. The third-order valence-electron chi connectivity index (χ3n) is 2.13. The van der Waals surface area contributed by atoms with Crippen molar-refractivity contribution in [1.29, 1.82) is 0 Å². The Bertz CT molecular complexity index is 496. The molecule has 0 saturated heterocycles. The number of hydrogen-bond donors (Lipinski definition) is 0. The Morgan fingerprint density at radius 3 is 2.94 bits per heavy atom.